The van der Waals surface area contributed by atoms with E-state index in [-0.39, 0.29) is 29.8 Å². The third-order valence-electron chi connectivity index (χ3n) is 2.41. The van der Waals surface area contributed by atoms with Crippen LogP contribution in [-0.2, 0) is 14.4 Å². The zero-order valence-corrected chi connectivity index (χ0v) is 10.1. The highest BCUT2D eigenvalue weighted by Gasteiger charge is 2.29. The average Bonchev–Trinajstić information content (AvgIpc) is 2.59. The van der Waals surface area contributed by atoms with Crippen molar-refractivity contribution in [1.29, 1.82) is 0 Å². The van der Waals surface area contributed by atoms with Crippen LogP contribution in [0.2, 0.25) is 0 Å². The van der Waals surface area contributed by atoms with Gasteiger partial charge in [-0.1, -0.05) is 11.8 Å². The summed E-state index contributed by atoms with van der Waals surface area (Å²) in [5.74, 6) is -0.330. The molecule has 88 valence electrons. The number of hydrogen-bond donors (Lipinski definition) is 0. The SMILES string of the molecule is CC(=O)Sc1ccc(N2C(=O)CCC2=O)cc1. The third-order valence-corrected chi connectivity index (χ3v) is 3.20. The molecule has 0 spiro atoms. The molecule has 0 aromatic heterocycles. The van der Waals surface area contributed by atoms with Crippen molar-refractivity contribution in [2.75, 3.05) is 4.90 Å². The Bertz CT molecular complexity index is 465. The fourth-order valence-corrected chi connectivity index (χ4v) is 2.30. The number of rotatable bonds is 2. The van der Waals surface area contributed by atoms with Crippen LogP contribution in [0.3, 0.4) is 0 Å². The van der Waals surface area contributed by atoms with Gasteiger partial charge in [-0.05, 0) is 24.3 Å². The number of anilines is 1. The smallest absolute Gasteiger partial charge is 0.234 e. The first-order chi connectivity index (χ1) is 8.08. The van der Waals surface area contributed by atoms with E-state index in [4.69, 9.17) is 0 Å². The Morgan fingerprint density at radius 1 is 1.12 bits per heavy atom. The quantitative estimate of drug-likeness (QED) is 0.594. The Labute approximate surface area is 103 Å². The first-order valence-corrected chi connectivity index (χ1v) is 6.04. The summed E-state index contributed by atoms with van der Waals surface area (Å²) in [6.45, 7) is 1.49. The van der Waals surface area contributed by atoms with Gasteiger partial charge >= 0.3 is 0 Å². The van der Waals surface area contributed by atoms with Crippen LogP contribution in [-0.4, -0.2) is 16.9 Å². The lowest BCUT2D eigenvalue weighted by molar-refractivity contribution is -0.121. The second-order valence-electron chi connectivity index (χ2n) is 3.71. The summed E-state index contributed by atoms with van der Waals surface area (Å²) in [6.07, 6.45) is 0.561. The van der Waals surface area contributed by atoms with Gasteiger partial charge in [0.2, 0.25) is 11.8 Å². The number of nitrogens with zero attached hydrogens (tertiary/aromatic N) is 1. The lowest BCUT2D eigenvalue weighted by Gasteiger charge is -2.13. The molecule has 5 heteroatoms. The van der Waals surface area contributed by atoms with Crippen LogP contribution in [0, 0.1) is 0 Å². The number of hydrogen-bond acceptors (Lipinski definition) is 4. The van der Waals surface area contributed by atoms with Gasteiger partial charge in [0.05, 0.1) is 5.69 Å². The summed E-state index contributed by atoms with van der Waals surface area (Å²) in [7, 11) is 0. The minimum atomic E-state index is -0.165. The molecule has 1 heterocycles. The van der Waals surface area contributed by atoms with Gasteiger partial charge in [-0.3, -0.25) is 19.3 Å². The first kappa shape index (κ1) is 11.9. The van der Waals surface area contributed by atoms with Crippen molar-refractivity contribution in [3.05, 3.63) is 24.3 Å². The molecular weight excluding hydrogens is 238 g/mol. The molecule has 4 nitrogen and oxygen atoms in total. The fraction of sp³-hybridized carbons (Fsp3) is 0.250. The molecule has 0 bridgehead atoms. The topological polar surface area (TPSA) is 54.5 Å². The summed E-state index contributed by atoms with van der Waals surface area (Å²) >= 11 is 1.12. The van der Waals surface area contributed by atoms with Gasteiger partial charge in [0.25, 0.3) is 0 Å². The second kappa shape index (κ2) is 4.71. The summed E-state index contributed by atoms with van der Waals surface area (Å²) in [5.41, 5.74) is 0.574. The molecule has 1 aliphatic heterocycles. The summed E-state index contributed by atoms with van der Waals surface area (Å²) in [5, 5.41) is 0.00563. The molecule has 1 aromatic carbocycles. The molecule has 0 aliphatic carbocycles. The Morgan fingerprint density at radius 3 is 2.12 bits per heavy atom. The Kier molecular flexibility index (Phi) is 3.28. The fourth-order valence-electron chi connectivity index (χ4n) is 1.69. The van der Waals surface area contributed by atoms with Crippen LogP contribution in [0.25, 0.3) is 0 Å². The molecular formula is C12H11NO3S. The normalized spacial score (nSPS) is 15.5. The number of carbonyl (C=O) groups excluding carboxylic acids is 3. The van der Waals surface area contributed by atoms with Gasteiger partial charge in [0.1, 0.15) is 0 Å². The number of benzene rings is 1. The molecule has 2 rings (SSSR count). The van der Waals surface area contributed by atoms with Gasteiger partial charge in [0, 0.05) is 24.7 Å². The zero-order chi connectivity index (χ0) is 12.4. The Hall–Kier alpha value is -1.62. The number of imide groups is 1. The van der Waals surface area contributed by atoms with Gasteiger partial charge in [-0.25, -0.2) is 0 Å². The Balaban J connectivity index is 2.20. The maximum absolute atomic E-state index is 11.5. The van der Waals surface area contributed by atoms with E-state index >= 15 is 0 Å². The van der Waals surface area contributed by atoms with Crippen molar-refractivity contribution in [1.82, 2.24) is 0 Å². The zero-order valence-electron chi connectivity index (χ0n) is 9.30. The van der Waals surface area contributed by atoms with E-state index in [1.807, 2.05) is 0 Å². The van der Waals surface area contributed by atoms with E-state index in [9.17, 15) is 14.4 Å². The number of amides is 2. The van der Waals surface area contributed by atoms with E-state index in [2.05, 4.69) is 0 Å². The highest BCUT2D eigenvalue weighted by atomic mass is 32.2. The first-order valence-electron chi connectivity index (χ1n) is 5.22. The molecule has 2 amide bonds. The van der Waals surface area contributed by atoms with Crippen molar-refractivity contribution in [3.8, 4) is 0 Å². The summed E-state index contributed by atoms with van der Waals surface area (Å²) < 4.78 is 0. The lowest BCUT2D eigenvalue weighted by Crippen LogP contribution is -2.28. The Morgan fingerprint density at radius 2 is 1.65 bits per heavy atom. The van der Waals surface area contributed by atoms with Gasteiger partial charge in [0.15, 0.2) is 5.12 Å². The van der Waals surface area contributed by atoms with Gasteiger partial charge < -0.3 is 0 Å². The van der Waals surface area contributed by atoms with Crippen molar-refractivity contribution in [2.45, 2.75) is 24.7 Å². The molecule has 1 aromatic rings. The maximum atomic E-state index is 11.5. The molecule has 1 aliphatic rings. The predicted molar refractivity (Wildman–Crippen MR) is 64.7 cm³/mol. The number of carbonyl (C=O) groups is 3. The van der Waals surface area contributed by atoms with Crippen molar-refractivity contribution < 1.29 is 14.4 Å². The van der Waals surface area contributed by atoms with E-state index in [0.717, 1.165) is 16.7 Å². The van der Waals surface area contributed by atoms with Crippen LogP contribution in [0.4, 0.5) is 5.69 Å². The largest absolute Gasteiger partial charge is 0.287 e. The maximum Gasteiger partial charge on any atom is 0.234 e. The third kappa shape index (κ3) is 2.55. The molecule has 0 saturated carbocycles. The van der Waals surface area contributed by atoms with E-state index in [1.165, 1.54) is 11.8 Å². The predicted octanol–water partition coefficient (Wildman–Crippen LogP) is 1.98. The molecule has 17 heavy (non-hydrogen) atoms. The number of thioether (sulfide) groups is 1. The standard InChI is InChI=1S/C12H11NO3S/c1-8(14)17-10-4-2-9(3-5-10)13-11(15)6-7-12(13)16/h2-5H,6-7H2,1H3. The average molecular weight is 249 g/mol. The van der Waals surface area contributed by atoms with Gasteiger partial charge in [-0.15, -0.1) is 0 Å². The molecule has 0 atom stereocenters. The summed E-state index contributed by atoms with van der Waals surface area (Å²) in [6, 6.07) is 6.85. The second-order valence-corrected chi connectivity index (χ2v) is 4.96. The highest BCUT2D eigenvalue weighted by Crippen LogP contribution is 2.26. The minimum absolute atomic E-state index is 0.00563. The van der Waals surface area contributed by atoms with Crippen LogP contribution in [0.1, 0.15) is 19.8 Å². The molecule has 1 saturated heterocycles. The van der Waals surface area contributed by atoms with E-state index < -0.39 is 0 Å². The molecule has 1 fully saturated rings. The van der Waals surface area contributed by atoms with E-state index in [0.29, 0.717) is 5.69 Å². The molecule has 0 unspecified atom stereocenters. The van der Waals surface area contributed by atoms with Crippen molar-refractivity contribution in [3.63, 3.8) is 0 Å². The van der Waals surface area contributed by atoms with Crippen molar-refractivity contribution in [2.24, 2.45) is 0 Å². The lowest BCUT2D eigenvalue weighted by atomic mass is 10.3. The van der Waals surface area contributed by atoms with Crippen LogP contribution in [0.5, 0.6) is 0 Å². The van der Waals surface area contributed by atoms with Crippen molar-refractivity contribution >= 4 is 34.4 Å². The van der Waals surface area contributed by atoms with E-state index in [1.54, 1.807) is 24.3 Å². The molecule has 0 radical (unpaired) electrons. The van der Waals surface area contributed by atoms with Crippen LogP contribution < -0.4 is 4.90 Å². The highest BCUT2D eigenvalue weighted by molar-refractivity contribution is 8.13. The monoisotopic (exact) mass is 249 g/mol. The minimum Gasteiger partial charge on any atom is -0.287 e. The summed E-state index contributed by atoms with van der Waals surface area (Å²) in [4.78, 5) is 35.9. The molecule has 0 N–H and O–H groups in total. The van der Waals surface area contributed by atoms with Crippen LogP contribution >= 0.6 is 11.8 Å². The van der Waals surface area contributed by atoms with Gasteiger partial charge in [-0.2, -0.15) is 0 Å². The van der Waals surface area contributed by atoms with Crippen LogP contribution in [0.15, 0.2) is 29.2 Å².